The maximum atomic E-state index is 5.06. The Bertz CT molecular complexity index is 812. The lowest BCUT2D eigenvalue weighted by Gasteiger charge is -2.09. The van der Waals surface area contributed by atoms with Gasteiger partial charge < -0.3 is 4.52 Å². The number of aromatic nitrogens is 4. The highest BCUT2D eigenvalue weighted by Gasteiger charge is 2.18. The van der Waals surface area contributed by atoms with E-state index in [1.54, 1.807) is 6.26 Å². The van der Waals surface area contributed by atoms with Crippen LogP contribution in [0.4, 0.5) is 0 Å². The number of halogens is 1. The first-order chi connectivity index (χ1) is 10.5. The van der Waals surface area contributed by atoms with Gasteiger partial charge in [-0.1, -0.05) is 28.0 Å². The maximum Gasteiger partial charge on any atom is 0.168 e. The van der Waals surface area contributed by atoms with Gasteiger partial charge in [-0.05, 0) is 44.0 Å². The van der Waals surface area contributed by atoms with Crippen LogP contribution in [0.2, 0.25) is 0 Å². The van der Waals surface area contributed by atoms with E-state index in [1.807, 2.05) is 18.5 Å². The summed E-state index contributed by atoms with van der Waals surface area (Å²) in [5.74, 6) is 1.56. The third-order valence-electron chi connectivity index (χ3n) is 3.62. The molecule has 2 aromatic heterocycles. The van der Waals surface area contributed by atoms with E-state index in [1.165, 1.54) is 0 Å². The Labute approximate surface area is 137 Å². The van der Waals surface area contributed by atoms with Gasteiger partial charge in [0.05, 0.1) is 16.9 Å². The Hall–Kier alpha value is -1.95. The molecule has 1 aromatic carbocycles. The first kappa shape index (κ1) is 15.0. The summed E-state index contributed by atoms with van der Waals surface area (Å²) >= 11 is 3.60. The Morgan fingerprint density at radius 2 is 1.86 bits per heavy atom. The molecule has 0 saturated heterocycles. The minimum absolute atomic E-state index is 0.761. The minimum atomic E-state index is 0.761. The number of rotatable bonds is 3. The molecule has 0 atom stereocenters. The molecule has 2 heterocycles. The van der Waals surface area contributed by atoms with E-state index in [2.05, 4.69) is 57.1 Å². The van der Waals surface area contributed by atoms with E-state index < -0.39 is 0 Å². The molecule has 0 N–H and O–H groups in total. The number of benzene rings is 1. The van der Waals surface area contributed by atoms with Crippen molar-refractivity contribution >= 4 is 15.9 Å². The van der Waals surface area contributed by atoms with Gasteiger partial charge in [-0.3, -0.25) is 0 Å². The largest absolute Gasteiger partial charge is 0.364 e. The molecule has 22 heavy (non-hydrogen) atoms. The summed E-state index contributed by atoms with van der Waals surface area (Å²) in [6, 6.07) is 4.19. The van der Waals surface area contributed by atoms with Crippen LogP contribution in [0.15, 0.2) is 27.4 Å². The summed E-state index contributed by atoms with van der Waals surface area (Å²) < 4.78 is 8.05. The van der Waals surface area contributed by atoms with Crippen molar-refractivity contribution in [1.29, 1.82) is 0 Å². The highest BCUT2D eigenvalue weighted by Crippen LogP contribution is 2.28. The standard InChI is InChI=1S/C16H17BrN4O/c1-5-14-18-16(13-8-22-20-11(13)4)21(19-14)12-6-9(2)15(17)10(3)7-12/h6-8H,5H2,1-4H3. The summed E-state index contributed by atoms with van der Waals surface area (Å²) in [5.41, 5.74) is 4.99. The molecule has 0 aliphatic carbocycles. The molecule has 0 spiro atoms. The average molecular weight is 361 g/mol. The summed E-state index contributed by atoms with van der Waals surface area (Å²) in [6.45, 7) is 8.09. The fraction of sp³-hybridized carbons (Fsp3) is 0.312. The lowest BCUT2D eigenvalue weighted by Crippen LogP contribution is -2.02. The van der Waals surface area contributed by atoms with Gasteiger partial charge in [-0.25, -0.2) is 9.67 Å². The van der Waals surface area contributed by atoms with Crippen molar-refractivity contribution in [3.8, 4) is 17.1 Å². The highest BCUT2D eigenvalue weighted by atomic mass is 79.9. The van der Waals surface area contributed by atoms with Crippen LogP contribution >= 0.6 is 15.9 Å². The van der Waals surface area contributed by atoms with Crippen molar-refractivity contribution in [1.82, 2.24) is 19.9 Å². The lowest BCUT2D eigenvalue weighted by atomic mass is 10.1. The summed E-state index contributed by atoms with van der Waals surface area (Å²) in [4.78, 5) is 4.63. The molecule has 0 aliphatic heterocycles. The van der Waals surface area contributed by atoms with Crippen molar-refractivity contribution in [3.05, 3.63) is 45.5 Å². The normalized spacial score (nSPS) is 11.1. The topological polar surface area (TPSA) is 56.7 Å². The first-order valence-electron chi connectivity index (χ1n) is 7.15. The average Bonchev–Trinajstić information content (AvgIpc) is 3.09. The second-order valence-electron chi connectivity index (χ2n) is 5.32. The van der Waals surface area contributed by atoms with Crippen LogP contribution in [0.5, 0.6) is 0 Å². The van der Waals surface area contributed by atoms with Crippen LogP contribution in [-0.2, 0) is 6.42 Å². The first-order valence-corrected chi connectivity index (χ1v) is 7.95. The van der Waals surface area contributed by atoms with Crippen LogP contribution in [0.1, 0.15) is 29.6 Å². The van der Waals surface area contributed by atoms with Gasteiger partial charge in [-0.15, -0.1) is 0 Å². The molecule has 114 valence electrons. The highest BCUT2D eigenvalue weighted by molar-refractivity contribution is 9.10. The summed E-state index contributed by atoms with van der Waals surface area (Å²) in [7, 11) is 0. The van der Waals surface area contributed by atoms with Crippen molar-refractivity contribution in [2.75, 3.05) is 0 Å². The fourth-order valence-corrected chi connectivity index (χ4v) is 2.64. The van der Waals surface area contributed by atoms with E-state index in [9.17, 15) is 0 Å². The summed E-state index contributed by atoms with van der Waals surface area (Å²) in [5, 5.41) is 8.58. The van der Waals surface area contributed by atoms with Gasteiger partial charge in [0, 0.05) is 10.9 Å². The van der Waals surface area contributed by atoms with Crippen molar-refractivity contribution in [2.45, 2.75) is 34.1 Å². The molecule has 0 bridgehead atoms. The van der Waals surface area contributed by atoms with E-state index in [4.69, 9.17) is 4.52 Å². The Balaban J connectivity index is 2.23. The van der Waals surface area contributed by atoms with Crippen LogP contribution < -0.4 is 0 Å². The summed E-state index contributed by atoms with van der Waals surface area (Å²) in [6.07, 6.45) is 2.40. The zero-order valence-electron chi connectivity index (χ0n) is 13.0. The second-order valence-corrected chi connectivity index (χ2v) is 6.12. The molecule has 0 saturated carbocycles. The molecule has 3 aromatic rings. The molecule has 0 amide bonds. The lowest BCUT2D eigenvalue weighted by molar-refractivity contribution is 0.415. The third-order valence-corrected chi connectivity index (χ3v) is 4.87. The molecule has 3 rings (SSSR count). The van der Waals surface area contributed by atoms with E-state index in [0.717, 1.165) is 50.6 Å². The van der Waals surface area contributed by atoms with Gasteiger partial charge >= 0.3 is 0 Å². The Morgan fingerprint density at radius 3 is 2.41 bits per heavy atom. The van der Waals surface area contributed by atoms with Gasteiger partial charge in [0.2, 0.25) is 0 Å². The third kappa shape index (κ3) is 2.47. The quantitative estimate of drug-likeness (QED) is 0.703. The molecular formula is C16H17BrN4O. The molecule has 0 unspecified atom stereocenters. The zero-order chi connectivity index (χ0) is 15.9. The van der Waals surface area contributed by atoms with Crippen molar-refractivity contribution < 1.29 is 4.52 Å². The zero-order valence-corrected chi connectivity index (χ0v) is 14.6. The van der Waals surface area contributed by atoms with Crippen molar-refractivity contribution in [3.63, 3.8) is 0 Å². The fourth-order valence-electron chi connectivity index (χ4n) is 2.41. The number of nitrogens with zero attached hydrogens (tertiary/aromatic N) is 4. The van der Waals surface area contributed by atoms with Crippen LogP contribution in [-0.4, -0.2) is 19.9 Å². The monoisotopic (exact) mass is 360 g/mol. The van der Waals surface area contributed by atoms with E-state index in [0.29, 0.717) is 0 Å². The van der Waals surface area contributed by atoms with Crippen LogP contribution in [0, 0.1) is 20.8 Å². The molecule has 0 radical (unpaired) electrons. The predicted octanol–water partition coefficient (Wildman–Crippen LogP) is 4.17. The minimum Gasteiger partial charge on any atom is -0.364 e. The SMILES string of the molecule is CCc1nc(-c2conc2C)n(-c2cc(C)c(Br)c(C)c2)n1. The second kappa shape index (κ2) is 5.68. The van der Waals surface area contributed by atoms with E-state index >= 15 is 0 Å². The van der Waals surface area contributed by atoms with Crippen LogP contribution in [0.3, 0.4) is 0 Å². The molecule has 5 nitrogen and oxygen atoms in total. The number of hydrogen-bond acceptors (Lipinski definition) is 4. The van der Waals surface area contributed by atoms with Gasteiger partial charge in [0.25, 0.3) is 0 Å². The number of hydrogen-bond donors (Lipinski definition) is 0. The van der Waals surface area contributed by atoms with Gasteiger partial charge in [0.1, 0.15) is 6.26 Å². The predicted molar refractivity (Wildman–Crippen MR) is 88.1 cm³/mol. The smallest absolute Gasteiger partial charge is 0.168 e. The molecule has 0 fully saturated rings. The number of aryl methyl sites for hydroxylation is 4. The molecular weight excluding hydrogens is 344 g/mol. The van der Waals surface area contributed by atoms with Gasteiger partial charge in [0.15, 0.2) is 11.6 Å². The maximum absolute atomic E-state index is 5.06. The van der Waals surface area contributed by atoms with Crippen molar-refractivity contribution in [2.24, 2.45) is 0 Å². The van der Waals surface area contributed by atoms with Gasteiger partial charge in [-0.2, -0.15) is 5.10 Å². The molecule has 0 aliphatic rings. The Morgan fingerprint density at radius 1 is 1.18 bits per heavy atom. The van der Waals surface area contributed by atoms with Crippen LogP contribution in [0.25, 0.3) is 17.1 Å². The Kier molecular flexibility index (Phi) is 3.87. The molecule has 6 heteroatoms. The van der Waals surface area contributed by atoms with E-state index in [-0.39, 0.29) is 0 Å².